The van der Waals surface area contributed by atoms with Gasteiger partial charge in [-0.3, -0.25) is 14.8 Å². The summed E-state index contributed by atoms with van der Waals surface area (Å²) in [5.74, 6) is 0.816. The highest BCUT2D eigenvalue weighted by atomic mass is 32.2. The zero-order chi connectivity index (χ0) is 16.2. The Hall–Kier alpha value is -2.06. The number of nitrogens with zero attached hydrogens (tertiary/aromatic N) is 1. The summed E-state index contributed by atoms with van der Waals surface area (Å²) < 4.78 is 27.2. The molecule has 8 heteroatoms. The monoisotopic (exact) mass is 338 g/mol. The molecule has 0 saturated heterocycles. The molecular formula is C14H14N2O4S2. The number of sulfonamides is 1. The van der Waals surface area contributed by atoms with Gasteiger partial charge < -0.3 is 0 Å². The minimum Gasteiger partial charge on any atom is -0.278 e. The Balaban J connectivity index is 2.30. The third kappa shape index (κ3) is 3.77. The van der Waals surface area contributed by atoms with E-state index >= 15 is 0 Å². The summed E-state index contributed by atoms with van der Waals surface area (Å²) in [6.07, 6.45) is 0. The van der Waals surface area contributed by atoms with Gasteiger partial charge in [-0.15, -0.1) is 11.8 Å². The lowest BCUT2D eigenvalue weighted by Gasteiger charge is -2.11. The maximum absolute atomic E-state index is 12.3. The smallest absolute Gasteiger partial charge is 0.269 e. The maximum Gasteiger partial charge on any atom is 0.269 e. The van der Waals surface area contributed by atoms with E-state index in [1.54, 1.807) is 12.1 Å². The van der Waals surface area contributed by atoms with Crippen molar-refractivity contribution in [3.8, 4) is 0 Å². The number of para-hydroxylation sites is 1. The Morgan fingerprint density at radius 3 is 2.36 bits per heavy atom. The van der Waals surface area contributed by atoms with Crippen LogP contribution >= 0.6 is 11.8 Å². The van der Waals surface area contributed by atoms with Crippen molar-refractivity contribution in [3.05, 3.63) is 58.6 Å². The molecule has 0 radical (unpaired) electrons. The molecule has 22 heavy (non-hydrogen) atoms. The number of benzene rings is 2. The highest BCUT2D eigenvalue weighted by Gasteiger charge is 2.17. The number of nitro groups is 1. The molecular weight excluding hydrogens is 324 g/mol. The number of nitro benzene ring substituents is 1. The second-order valence-corrected chi connectivity index (χ2v) is 7.27. The van der Waals surface area contributed by atoms with Crippen molar-refractivity contribution in [2.75, 3.05) is 10.5 Å². The summed E-state index contributed by atoms with van der Waals surface area (Å²) in [5, 5.41) is 10.6. The van der Waals surface area contributed by atoms with Crippen LogP contribution in [-0.2, 0) is 10.0 Å². The summed E-state index contributed by atoms with van der Waals surface area (Å²) in [7, 11) is -3.78. The molecule has 0 spiro atoms. The van der Waals surface area contributed by atoms with Crippen molar-refractivity contribution in [1.82, 2.24) is 0 Å². The first-order valence-electron chi connectivity index (χ1n) is 6.43. The Kier molecular flexibility index (Phi) is 5.04. The van der Waals surface area contributed by atoms with Gasteiger partial charge in [-0.2, -0.15) is 0 Å². The molecule has 6 nitrogen and oxygen atoms in total. The maximum atomic E-state index is 12.3. The van der Waals surface area contributed by atoms with E-state index in [1.165, 1.54) is 36.0 Å². The number of non-ortho nitro benzene ring substituents is 1. The van der Waals surface area contributed by atoms with Gasteiger partial charge >= 0.3 is 0 Å². The lowest BCUT2D eigenvalue weighted by atomic mass is 10.3. The molecule has 2 rings (SSSR count). The van der Waals surface area contributed by atoms with Gasteiger partial charge in [0.2, 0.25) is 0 Å². The quantitative estimate of drug-likeness (QED) is 0.494. The van der Waals surface area contributed by atoms with E-state index in [1.807, 2.05) is 19.1 Å². The first-order valence-corrected chi connectivity index (χ1v) is 8.90. The summed E-state index contributed by atoms with van der Waals surface area (Å²) >= 11 is 1.53. The Labute approximate surface area is 132 Å². The topological polar surface area (TPSA) is 89.3 Å². The molecule has 0 aliphatic rings. The second kappa shape index (κ2) is 6.80. The zero-order valence-corrected chi connectivity index (χ0v) is 13.4. The Morgan fingerprint density at radius 1 is 1.14 bits per heavy atom. The van der Waals surface area contributed by atoms with Crippen LogP contribution in [0.3, 0.4) is 0 Å². The van der Waals surface area contributed by atoms with Crippen LogP contribution in [0.25, 0.3) is 0 Å². The Bertz CT molecular complexity index is 774. The molecule has 0 atom stereocenters. The van der Waals surface area contributed by atoms with Crippen molar-refractivity contribution >= 4 is 33.2 Å². The van der Waals surface area contributed by atoms with Crippen LogP contribution < -0.4 is 4.72 Å². The summed E-state index contributed by atoms with van der Waals surface area (Å²) in [6.45, 7) is 1.98. The largest absolute Gasteiger partial charge is 0.278 e. The molecule has 0 saturated carbocycles. The first kappa shape index (κ1) is 16.3. The van der Waals surface area contributed by atoms with E-state index in [9.17, 15) is 18.5 Å². The third-order valence-corrected chi connectivity index (χ3v) is 5.13. The van der Waals surface area contributed by atoms with Gasteiger partial charge in [-0.25, -0.2) is 8.42 Å². The minimum absolute atomic E-state index is 0.0191. The van der Waals surface area contributed by atoms with Crippen LogP contribution in [0, 0.1) is 10.1 Å². The summed E-state index contributed by atoms with van der Waals surface area (Å²) in [6, 6.07) is 11.9. The highest BCUT2D eigenvalue weighted by Crippen LogP contribution is 2.28. The predicted octanol–water partition coefficient (Wildman–Crippen LogP) is 3.51. The molecule has 0 bridgehead atoms. The van der Waals surface area contributed by atoms with E-state index in [4.69, 9.17) is 0 Å². The number of nitrogens with one attached hydrogen (secondary N) is 1. The van der Waals surface area contributed by atoms with Crippen LogP contribution in [0.5, 0.6) is 0 Å². The van der Waals surface area contributed by atoms with Gasteiger partial charge in [0.05, 0.1) is 15.5 Å². The number of thioether (sulfide) groups is 1. The van der Waals surface area contributed by atoms with Gasteiger partial charge in [0.1, 0.15) is 0 Å². The molecule has 0 aliphatic carbocycles. The average molecular weight is 338 g/mol. The molecule has 1 N–H and O–H groups in total. The van der Waals surface area contributed by atoms with E-state index < -0.39 is 14.9 Å². The van der Waals surface area contributed by atoms with Gasteiger partial charge in [0, 0.05) is 17.0 Å². The van der Waals surface area contributed by atoms with Crippen molar-refractivity contribution in [3.63, 3.8) is 0 Å². The summed E-state index contributed by atoms with van der Waals surface area (Å²) in [5.41, 5.74) is 0.341. The van der Waals surface area contributed by atoms with Gasteiger partial charge in [0.15, 0.2) is 0 Å². The van der Waals surface area contributed by atoms with Gasteiger partial charge in [-0.1, -0.05) is 19.1 Å². The van der Waals surface area contributed by atoms with E-state index in [0.29, 0.717) is 5.69 Å². The number of anilines is 1. The van der Waals surface area contributed by atoms with E-state index in [-0.39, 0.29) is 10.6 Å². The minimum atomic E-state index is -3.78. The summed E-state index contributed by atoms with van der Waals surface area (Å²) in [4.78, 5) is 10.8. The van der Waals surface area contributed by atoms with E-state index in [0.717, 1.165) is 10.6 Å². The van der Waals surface area contributed by atoms with Gasteiger partial charge in [-0.05, 0) is 30.0 Å². The van der Waals surface area contributed by atoms with Crippen LogP contribution in [0.4, 0.5) is 11.4 Å². The Morgan fingerprint density at radius 2 is 1.77 bits per heavy atom. The fourth-order valence-electron chi connectivity index (χ4n) is 1.78. The standard InChI is InChI=1S/C14H14N2O4S2/c1-2-21-14-6-4-3-5-13(14)15-22(19,20)12-9-7-11(8-10-12)16(17)18/h3-10,15H,2H2,1H3. The average Bonchev–Trinajstić information content (AvgIpc) is 2.49. The molecule has 0 fully saturated rings. The van der Waals surface area contributed by atoms with Crippen LogP contribution in [0.2, 0.25) is 0 Å². The third-order valence-electron chi connectivity index (χ3n) is 2.79. The molecule has 116 valence electrons. The number of rotatable bonds is 6. The fourth-order valence-corrected chi connectivity index (χ4v) is 3.69. The van der Waals surface area contributed by atoms with E-state index in [2.05, 4.69) is 4.72 Å². The second-order valence-electron chi connectivity index (χ2n) is 4.29. The predicted molar refractivity (Wildman–Crippen MR) is 86.7 cm³/mol. The highest BCUT2D eigenvalue weighted by molar-refractivity contribution is 7.99. The molecule has 0 aliphatic heterocycles. The molecule has 2 aromatic rings. The molecule has 0 unspecified atom stereocenters. The molecule has 0 heterocycles. The first-order chi connectivity index (χ1) is 10.4. The molecule has 2 aromatic carbocycles. The van der Waals surface area contributed by atoms with Crippen LogP contribution in [0.15, 0.2) is 58.3 Å². The molecule has 0 aromatic heterocycles. The zero-order valence-electron chi connectivity index (χ0n) is 11.7. The number of hydrogen-bond donors (Lipinski definition) is 1. The van der Waals surface area contributed by atoms with Crippen molar-refractivity contribution in [2.45, 2.75) is 16.7 Å². The van der Waals surface area contributed by atoms with Crippen molar-refractivity contribution in [1.29, 1.82) is 0 Å². The van der Waals surface area contributed by atoms with Gasteiger partial charge in [0.25, 0.3) is 15.7 Å². The van der Waals surface area contributed by atoms with Crippen molar-refractivity contribution < 1.29 is 13.3 Å². The van der Waals surface area contributed by atoms with Crippen molar-refractivity contribution in [2.24, 2.45) is 0 Å². The lowest BCUT2D eigenvalue weighted by Crippen LogP contribution is -2.13. The SMILES string of the molecule is CCSc1ccccc1NS(=O)(=O)c1ccc([N+](=O)[O-])cc1. The number of hydrogen-bond acceptors (Lipinski definition) is 5. The normalized spacial score (nSPS) is 11.1. The fraction of sp³-hybridized carbons (Fsp3) is 0.143. The lowest BCUT2D eigenvalue weighted by molar-refractivity contribution is -0.384. The molecule has 0 amide bonds. The van der Waals surface area contributed by atoms with Crippen LogP contribution in [-0.4, -0.2) is 19.1 Å². The van der Waals surface area contributed by atoms with Crippen LogP contribution in [0.1, 0.15) is 6.92 Å².